The molecule has 7 nitrogen and oxygen atoms in total. The van der Waals surface area contributed by atoms with Crippen molar-refractivity contribution < 1.29 is 13.3 Å². The van der Waals surface area contributed by atoms with Crippen LogP contribution in [0.3, 0.4) is 0 Å². The van der Waals surface area contributed by atoms with Crippen molar-refractivity contribution in [2.45, 2.75) is 38.1 Å². The van der Waals surface area contributed by atoms with Gasteiger partial charge in [-0.15, -0.1) is 0 Å². The van der Waals surface area contributed by atoms with Crippen LogP contribution in [-0.2, 0) is 16.6 Å². The third-order valence-corrected chi connectivity index (χ3v) is 6.64. The number of nitro groups is 1. The topological polar surface area (TPSA) is 92.5 Å². The van der Waals surface area contributed by atoms with E-state index >= 15 is 0 Å². The van der Waals surface area contributed by atoms with E-state index in [1.807, 2.05) is 24.3 Å². The maximum absolute atomic E-state index is 12.6. The summed E-state index contributed by atoms with van der Waals surface area (Å²) in [5, 5.41) is 10.9. The van der Waals surface area contributed by atoms with Crippen LogP contribution in [0.25, 0.3) is 0 Å². The lowest BCUT2D eigenvalue weighted by Crippen LogP contribution is -2.34. The second-order valence-electron chi connectivity index (χ2n) is 7.39. The van der Waals surface area contributed by atoms with Crippen LogP contribution >= 0.6 is 0 Å². The Kier molecular flexibility index (Phi) is 6.00. The Morgan fingerprint density at radius 1 is 1.21 bits per heavy atom. The average Bonchev–Trinajstić information content (AvgIpc) is 2.67. The van der Waals surface area contributed by atoms with Crippen molar-refractivity contribution in [1.82, 2.24) is 4.72 Å². The van der Waals surface area contributed by atoms with E-state index in [9.17, 15) is 18.5 Å². The molecule has 28 heavy (non-hydrogen) atoms. The van der Waals surface area contributed by atoms with Gasteiger partial charge in [0, 0.05) is 37.5 Å². The van der Waals surface area contributed by atoms with Crippen molar-refractivity contribution in [2.75, 3.05) is 18.0 Å². The van der Waals surface area contributed by atoms with E-state index < -0.39 is 14.9 Å². The highest BCUT2D eigenvalue weighted by molar-refractivity contribution is 7.89. The SMILES string of the molecule is Cc1ccc([N+](=O)[O-])cc1S(=O)(=O)NCc1ccc(N2CCCC(C)C2)cc1. The van der Waals surface area contributed by atoms with Gasteiger partial charge >= 0.3 is 0 Å². The summed E-state index contributed by atoms with van der Waals surface area (Å²) in [6, 6.07) is 11.7. The molecular weight excluding hydrogens is 378 g/mol. The Morgan fingerprint density at radius 2 is 1.93 bits per heavy atom. The fourth-order valence-electron chi connectivity index (χ4n) is 3.50. The third kappa shape index (κ3) is 4.69. The van der Waals surface area contributed by atoms with Crippen LogP contribution in [0.15, 0.2) is 47.4 Å². The number of aryl methyl sites for hydroxylation is 1. The molecule has 0 spiro atoms. The van der Waals surface area contributed by atoms with Gasteiger partial charge < -0.3 is 4.90 Å². The lowest BCUT2D eigenvalue weighted by Gasteiger charge is -2.32. The second-order valence-corrected chi connectivity index (χ2v) is 9.13. The first-order valence-electron chi connectivity index (χ1n) is 9.35. The maximum Gasteiger partial charge on any atom is 0.270 e. The monoisotopic (exact) mass is 403 g/mol. The molecule has 0 aromatic heterocycles. The van der Waals surface area contributed by atoms with Crippen LogP contribution in [0, 0.1) is 23.0 Å². The Hall–Kier alpha value is -2.45. The Labute approximate surface area is 165 Å². The summed E-state index contributed by atoms with van der Waals surface area (Å²) in [7, 11) is -3.85. The van der Waals surface area contributed by atoms with E-state index in [0.717, 1.165) is 30.4 Å². The minimum absolute atomic E-state index is 0.0689. The predicted octanol–water partition coefficient (Wildman–Crippen LogP) is 3.62. The minimum Gasteiger partial charge on any atom is -0.371 e. The molecule has 8 heteroatoms. The number of piperidine rings is 1. The van der Waals surface area contributed by atoms with Gasteiger partial charge in [-0.1, -0.05) is 25.1 Å². The fourth-order valence-corrected chi connectivity index (χ4v) is 4.78. The van der Waals surface area contributed by atoms with Crippen molar-refractivity contribution in [2.24, 2.45) is 5.92 Å². The molecule has 2 aromatic rings. The lowest BCUT2D eigenvalue weighted by atomic mass is 9.99. The number of sulfonamides is 1. The number of hydrogen-bond acceptors (Lipinski definition) is 5. The molecule has 1 saturated heterocycles. The molecule has 0 bridgehead atoms. The third-order valence-electron chi connectivity index (χ3n) is 5.10. The maximum atomic E-state index is 12.6. The van der Waals surface area contributed by atoms with Gasteiger partial charge in [-0.3, -0.25) is 10.1 Å². The van der Waals surface area contributed by atoms with E-state index in [1.54, 1.807) is 6.92 Å². The van der Waals surface area contributed by atoms with Crippen molar-refractivity contribution in [1.29, 1.82) is 0 Å². The fraction of sp³-hybridized carbons (Fsp3) is 0.400. The lowest BCUT2D eigenvalue weighted by molar-refractivity contribution is -0.385. The van der Waals surface area contributed by atoms with Crippen LogP contribution in [-0.4, -0.2) is 26.4 Å². The summed E-state index contributed by atoms with van der Waals surface area (Å²) in [5.74, 6) is 0.679. The minimum atomic E-state index is -3.85. The van der Waals surface area contributed by atoms with Gasteiger partial charge in [0.1, 0.15) is 0 Å². The molecule has 1 N–H and O–H groups in total. The molecule has 3 rings (SSSR count). The predicted molar refractivity (Wildman–Crippen MR) is 109 cm³/mol. The van der Waals surface area contributed by atoms with Crippen molar-refractivity contribution in [3.63, 3.8) is 0 Å². The number of nitrogens with zero attached hydrogens (tertiary/aromatic N) is 2. The van der Waals surface area contributed by atoms with E-state index in [0.29, 0.717) is 11.5 Å². The van der Waals surface area contributed by atoms with E-state index in [2.05, 4.69) is 16.5 Å². The summed E-state index contributed by atoms with van der Waals surface area (Å²) in [6.07, 6.45) is 2.44. The number of benzene rings is 2. The average molecular weight is 404 g/mol. The Balaban J connectivity index is 1.69. The van der Waals surface area contributed by atoms with Crippen LogP contribution < -0.4 is 9.62 Å². The van der Waals surface area contributed by atoms with Gasteiger partial charge in [0.2, 0.25) is 10.0 Å². The summed E-state index contributed by atoms with van der Waals surface area (Å²) in [5.41, 5.74) is 2.20. The number of nitrogens with one attached hydrogen (secondary N) is 1. The second kappa shape index (κ2) is 8.28. The summed E-state index contributed by atoms with van der Waals surface area (Å²) in [4.78, 5) is 12.6. The molecule has 1 atom stereocenters. The zero-order chi connectivity index (χ0) is 20.3. The molecule has 0 aliphatic carbocycles. The van der Waals surface area contributed by atoms with Gasteiger partial charge in [0.15, 0.2) is 0 Å². The number of rotatable bonds is 6. The highest BCUT2D eigenvalue weighted by Crippen LogP contribution is 2.24. The number of anilines is 1. The molecule has 1 fully saturated rings. The standard InChI is InChI=1S/C20H25N3O4S/c1-15-4-3-11-22(14-15)18-9-6-17(7-10-18)13-21-28(26,27)20-12-19(23(24)25)8-5-16(20)2/h5-10,12,15,21H,3-4,11,13-14H2,1-2H3. The number of non-ortho nitro benzene ring substituents is 1. The first-order valence-corrected chi connectivity index (χ1v) is 10.8. The molecule has 0 saturated carbocycles. The Bertz CT molecular complexity index is 958. The molecular formula is C20H25N3O4S. The van der Waals surface area contributed by atoms with E-state index in [4.69, 9.17) is 0 Å². The highest BCUT2D eigenvalue weighted by Gasteiger charge is 2.20. The smallest absolute Gasteiger partial charge is 0.270 e. The summed E-state index contributed by atoms with van der Waals surface area (Å²) in [6.45, 7) is 6.08. The van der Waals surface area contributed by atoms with Crippen LogP contribution in [0.1, 0.15) is 30.9 Å². The largest absolute Gasteiger partial charge is 0.371 e. The van der Waals surface area contributed by atoms with Gasteiger partial charge in [0.25, 0.3) is 5.69 Å². The van der Waals surface area contributed by atoms with E-state index in [-0.39, 0.29) is 17.1 Å². The van der Waals surface area contributed by atoms with Crippen molar-refractivity contribution in [3.05, 3.63) is 63.7 Å². The molecule has 1 aliphatic heterocycles. The van der Waals surface area contributed by atoms with Gasteiger partial charge in [-0.25, -0.2) is 13.1 Å². The van der Waals surface area contributed by atoms with Gasteiger partial charge in [0.05, 0.1) is 9.82 Å². The number of nitro benzene ring substituents is 1. The quantitative estimate of drug-likeness (QED) is 0.587. The first kappa shape index (κ1) is 20.3. The van der Waals surface area contributed by atoms with Gasteiger partial charge in [-0.2, -0.15) is 0 Å². The normalized spacial score (nSPS) is 17.5. The van der Waals surface area contributed by atoms with Crippen LogP contribution in [0.2, 0.25) is 0 Å². The zero-order valence-corrected chi connectivity index (χ0v) is 16.9. The molecule has 1 aliphatic rings. The molecule has 0 radical (unpaired) electrons. The molecule has 1 unspecified atom stereocenters. The molecule has 2 aromatic carbocycles. The highest BCUT2D eigenvalue weighted by atomic mass is 32.2. The Morgan fingerprint density at radius 3 is 2.57 bits per heavy atom. The zero-order valence-electron chi connectivity index (χ0n) is 16.1. The van der Waals surface area contributed by atoms with Crippen LogP contribution in [0.4, 0.5) is 11.4 Å². The molecule has 0 amide bonds. The van der Waals surface area contributed by atoms with Crippen LogP contribution in [0.5, 0.6) is 0 Å². The summed E-state index contributed by atoms with van der Waals surface area (Å²) < 4.78 is 27.8. The van der Waals surface area contributed by atoms with Crippen molar-refractivity contribution in [3.8, 4) is 0 Å². The first-order chi connectivity index (χ1) is 13.3. The van der Waals surface area contributed by atoms with E-state index in [1.165, 1.54) is 25.0 Å². The van der Waals surface area contributed by atoms with Gasteiger partial charge in [-0.05, 0) is 48.9 Å². The molecule has 1 heterocycles. The number of hydrogen-bond donors (Lipinski definition) is 1. The summed E-state index contributed by atoms with van der Waals surface area (Å²) >= 11 is 0. The van der Waals surface area contributed by atoms with Crippen molar-refractivity contribution >= 4 is 21.4 Å². The molecule has 150 valence electrons.